The summed E-state index contributed by atoms with van der Waals surface area (Å²) in [4.78, 5) is 28.9. The van der Waals surface area contributed by atoms with Crippen LogP contribution in [0.3, 0.4) is 0 Å². The Bertz CT molecular complexity index is 1250. The number of benzene rings is 2. The second-order valence-corrected chi connectivity index (χ2v) is 9.20. The summed E-state index contributed by atoms with van der Waals surface area (Å²) in [5.41, 5.74) is 0.562. The third kappa shape index (κ3) is 5.42. The molecule has 168 valence electrons. The van der Waals surface area contributed by atoms with Crippen molar-refractivity contribution in [2.45, 2.75) is 46.1 Å². The van der Waals surface area contributed by atoms with E-state index in [1.807, 2.05) is 6.07 Å². The number of ether oxygens (including phenoxy) is 1. The van der Waals surface area contributed by atoms with Gasteiger partial charge < -0.3 is 4.74 Å². The smallest absolute Gasteiger partial charge is 0.312 e. The summed E-state index contributed by atoms with van der Waals surface area (Å²) in [6, 6.07) is 8.37. The lowest BCUT2D eigenvalue weighted by Crippen LogP contribution is -2.22. The summed E-state index contributed by atoms with van der Waals surface area (Å²) >= 11 is 6.73. The molecule has 0 radical (unpaired) electrons. The number of nitro benzene ring substituents is 1. The highest BCUT2D eigenvalue weighted by Crippen LogP contribution is 2.36. The maximum absolute atomic E-state index is 13.2. The van der Waals surface area contributed by atoms with Crippen molar-refractivity contribution < 1.29 is 9.66 Å². The van der Waals surface area contributed by atoms with Crippen LogP contribution in [0.5, 0.6) is 5.75 Å². The van der Waals surface area contributed by atoms with E-state index in [4.69, 9.17) is 4.74 Å². The van der Waals surface area contributed by atoms with E-state index in [9.17, 15) is 14.9 Å². The molecule has 2 aromatic carbocycles. The van der Waals surface area contributed by atoms with Crippen LogP contribution >= 0.6 is 31.9 Å². The second kappa shape index (κ2) is 10.4. The van der Waals surface area contributed by atoms with Crippen molar-refractivity contribution in [1.82, 2.24) is 9.66 Å². The largest absolute Gasteiger partial charge is 0.483 e. The van der Waals surface area contributed by atoms with Gasteiger partial charge in [-0.05, 0) is 60.5 Å². The molecule has 10 heteroatoms. The standard InChI is InChI=1S/C22H22Br2N4O4/c1-4-5-6-20-26-18-8-7-15(23)11-16(18)22(29)27(20)25-12-14-9-17(24)21(32-13(2)3)19(10-14)28(30)31/h7-13H,4-6H2,1-3H3. The van der Waals surface area contributed by atoms with Gasteiger partial charge in [0.05, 0.1) is 32.6 Å². The first-order chi connectivity index (χ1) is 15.2. The monoisotopic (exact) mass is 564 g/mol. The first-order valence-electron chi connectivity index (χ1n) is 10.1. The van der Waals surface area contributed by atoms with Crippen LogP contribution in [0.25, 0.3) is 10.9 Å². The van der Waals surface area contributed by atoms with E-state index in [-0.39, 0.29) is 23.1 Å². The Morgan fingerprint density at radius 2 is 2.03 bits per heavy atom. The first-order valence-corrected chi connectivity index (χ1v) is 11.7. The van der Waals surface area contributed by atoms with E-state index in [0.29, 0.717) is 33.2 Å². The van der Waals surface area contributed by atoms with E-state index in [2.05, 4.69) is 48.9 Å². The Labute approximate surface area is 201 Å². The van der Waals surface area contributed by atoms with E-state index >= 15 is 0 Å². The Morgan fingerprint density at radius 3 is 2.69 bits per heavy atom. The van der Waals surface area contributed by atoms with Crippen LogP contribution in [0.2, 0.25) is 0 Å². The summed E-state index contributed by atoms with van der Waals surface area (Å²) in [6.07, 6.45) is 3.56. The van der Waals surface area contributed by atoms with Crippen molar-refractivity contribution in [2.24, 2.45) is 5.10 Å². The number of aromatic nitrogens is 2. The highest BCUT2D eigenvalue weighted by atomic mass is 79.9. The molecule has 0 aliphatic rings. The highest BCUT2D eigenvalue weighted by molar-refractivity contribution is 9.10. The number of nitro groups is 1. The van der Waals surface area contributed by atoms with Gasteiger partial charge in [0.25, 0.3) is 5.56 Å². The number of aryl methyl sites for hydroxylation is 1. The lowest BCUT2D eigenvalue weighted by atomic mass is 10.2. The Morgan fingerprint density at radius 1 is 1.28 bits per heavy atom. The summed E-state index contributed by atoms with van der Waals surface area (Å²) in [5.74, 6) is 0.691. The van der Waals surface area contributed by atoms with Crippen molar-refractivity contribution in [3.8, 4) is 5.75 Å². The molecule has 0 bridgehead atoms. The molecule has 0 N–H and O–H groups in total. The molecule has 3 rings (SSSR count). The van der Waals surface area contributed by atoms with Crippen molar-refractivity contribution in [3.05, 3.63) is 71.1 Å². The van der Waals surface area contributed by atoms with Gasteiger partial charge in [0.1, 0.15) is 5.82 Å². The van der Waals surface area contributed by atoms with Crippen LogP contribution in [0.4, 0.5) is 5.69 Å². The summed E-state index contributed by atoms with van der Waals surface area (Å²) in [5, 5.41) is 16.4. The number of fused-ring (bicyclic) bond motifs is 1. The van der Waals surface area contributed by atoms with Gasteiger partial charge in [0.2, 0.25) is 5.75 Å². The molecule has 0 saturated heterocycles. The molecular formula is C22H22Br2N4O4. The molecule has 0 spiro atoms. The van der Waals surface area contributed by atoms with Crippen molar-refractivity contribution in [1.29, 1.82) is 0 Å². The molecule has 0 unspecified atom stereocenters. The molecular weight excluding hydrogens is 544 g/mol. The maximum Gasteiger partial charge on any atom is 0.312 e. The van der Waals surface area contributed by atoms with Gasteiger partial charge in [-0.15, -0.1) is 0 Å². The SMILES string of the molecule is CCCCc1nc2ccc(Br)cc2c(=O)n1N=Cc1cc(Br)c(OC(C)C)c([N+](=O)[O-])c1. The second-order valence-electron chi connectivity index (χ2n) is 7.43. The number of hydrogen-bond acceptors (Lipinski definition) is 6. The van der Waals surface area contributed by atoms with E-state index in [0.717, 1.165) is 17.3 Å². The quantitative estimate of drug-likeness (QED) is 0.194. The summed E-state index contributed by atoms with van der Waals surface area (Å²) in [7, 11) is 0. The number of halogens is 2. The fourth-order valence-corrected chi connectivity index (χ4v) is 4.02. The predicted octanol–water partition coefficient (Wildman–Crippen LogP) is 5.84. The van der Waals surface area contributed by atoms with Gasteiger partial charge in [-0.1, -0.05) is 29.3 Å². The molecule has 32 heavy (non-hydrogen) atoms. The highest BCUT2D eigenvalue weighted by Gasteiger charge is 2.21. The van der Waals surface area contributed by atoms with E-state index < -0.39 is 4.92 Å². The average Bonchev–Trinajstić information content (AvgIpc) is 2.73. The molecule has 0 aliphatic carbocycles. The van der Waals surface area contributed by atoms with Gasteiger partial charge in [-0.2, -0.15) is 9.78 Å². The Balaban J connectivity index is 2.12. The minimum absolute atomic E-state index is 0.153. The van der Waals surface area contributed by atoms with Crippen LogP contribution in [-0.4, -0.2) is 26.9 Å². The molecule has 8 nitrogen and oxygen atoms in total. The zero-order valence-corrected chi connectivity index (χ0v) is 21.0. The number of rotatable bonds is 8. The number of nitrogens with zero attached hydrogens (tertiary/aromatic N) is 4. The van der Waals surface area contributed by atoms with Gasteiger partial charge >= 0.3 is 5.69 Å². The van der Waals surface area contributed by atoms with Gasteiger partial charge in [-0.3, -0.25) is 14.9 Å². The van der Waals surface area contributed by atoms with Crippen molar-refractivity contribution in [2.75, 3.05) is 0 Å². The number of hydrogen-bond donors (Lipinski definition) is 0. The summed E-state index contributed by atoms with van der Waals surface area (Å²) in [6.45, 7) is 5.64. The molecule has 0 aliphatic heterocycles. The van der Waals surface area contributed by atoms with Crippen LogP contribution in [0.15, 0.2) is 49.2 Å². The molecule has 1 heterocycles. The fraction of sp³-hybridized carbons (Fsp3) is 0.318. The molecule has 0 saturated carbocycles. The zero-order chi connectivity index (χ0) is 23.4. The maximum atomic E-state index is 13.2. The van der Waals surface area contributed by atoms with Crippen LogP contribution in [0, 0.1) is 10.1 Å². The first kappa shape index (κ1) is 24.1. The van der Waals surface area contributed by atoms with Crippen LogP contribution in [-0.2, 0) is 6.42 Å². The number of unbranched alkanes of at least 4 members (excludes halogenated alkanes) is 1. The van der Waals surface area contributed by atoms with Crippen molar-refractivity contribution >= 4 is 54.7 Å². The topological polar surface area (TPSA) is 99.6 Å². The minimum Gasteiger partial charge on any atom is -0.483 e. The zero-order valence-electron chi connectivity index (χ0n) is 17.8. The average molecular weight is 566 g/mol. The Hall–Kier alpha value is -2.59. The lowest BCUT2D eigenvalue weighted by molar-refractivity contribution is -0.386. The van der Waals surface area contributed by atoms with E-state index in [1.165, 1.54) is 17.0 Å². The molecule has 1 aromatic heterocycles. The molecule has 0 amide bonds. The normalized spacial score (nSPS) is 11.6. The molecule has 3 aromatic rings. The molecule has 0 fully saturated rings. The lowest BCUT2D eigenvalue weighted by Gasteiger charge is -2.12. The Kier molecular flexibility index (Phi) is 7.78. The van der Waals surface area contributed by atoms with Crippen LogP contribution in [0.1, 0.15) is 45.0 Å². The van der Waals surface area contributed by atoms with Crippen LogP contribution < -0.4 is 10.3 Å². The summed E-state index contributed by atoms with van der Waals surface area (Å²) < 4.78 is 8.06. The van der Waals surface area contributed by atoms with Gasteiger partial charge in [-0.25, -0.2) is 4.98 Å². The predicted molar refractivity (Wildman–Crippen MR) is 132 cm³/mol. The minimum atomic E-state index is -0.506. The van der Waals surface area contributed by atoms with Gasteiger partial charge in [0.15, 0.2) is 0 Å². The van der Waals surface area contributed by atoms with E-state index in [1.54, 1.807) is 32.0 Å². The molecule has 0 atom stereocenters. The van der Waals surface area contributed by atoms with Gasteiger partial charge in [0, 0.05) is 22.5 Å². The fourth-order valence-electron chi connectivity index (χ4n) is 3.10. The van der Waals surface area contributed by atoms with Crippen molar-refractivity contribution in [3.63, 3.8) is 0 Å². The third-order valence-electron chi connectivity index (χ3n) is 4.55. The third-order valence-corrected chi connectivity index (χ3v) is 5.63.